The minimum atomic E-state index is -0.474. The lowest BCUT2D eigenvalue weighted by Crippen LogP contribution is -2.44. The zero-order valence-electron chi connectivity index (χ0n) is 12.6. The van der Waals surface area contributed by atoms with Gasteiger partial charge in [0.15, 0.2) is 5.82 Å². The highest BCUT2D eigenvalue weighted by molar-refractivity contribution is 5.76. The van der Waals surface area contributed by atoms with Crippen LogP contribution in [-0.4, -0.2) is 16.0 Å². The van der Waals surface area contributed by atoms with E-state index >= 15 is 0 Å². The fourth-order valence-electron chi connectivity index (χ4n) is 2.53. The van der Waals surface area contributed by atoms with Crippen LogP contribution >= 0.6 is 0 Å². The Kier molecular flexibility index (Phi) is 3.94. The van der Waals surface area contributed by atoms with Crippen LogP contribution in [0.25, 0.3) is 0 Å². The molecule has 1 aromatic heterocycles. The van der Waals surface area contributed by atoms with Crippen LogP contribution in [0.3, 0.4) is 0 Å². The summed E-state index contributed by atoms with van der Waals surface area (Å²) >= 11 is 0. The Balaban J connectivity index is 1.90. The molecule has 1 unspecified atom stereocenters. The first-order valence-corrected chi connectivity index (χ1v) is 7.59. The van der Waals surface area contributed by atoms with E-state index in [0.29, 0.717) is 18.1 Å². The molecule has 1 fully saturated rings. The van der Waals surface area contributed by atoms with Crippen LogP contribution in [0.2, 0.25) is 0 Å². The number of hydrogen-bond acceptors (Lipinski definition) is 5. The normalized spacial score (nSPS) is 17.5. The molecular weight excluding hydrogens is 280 g/mol. The highest BCUT2D eigenvalue weighted by Crippen LogP contribution is 2.37. The Hall–Kier alpha value is -2.21. The zero-order valence-corrected chi connectivity index (χ0v) is 12.6. The summed E-state index contributed by atoms with van der Waals surface area (Å²) in [4.78, 5) is 16.3. The Morgan fingerprint density at radius 1 is 1.41 bits per heavy atom. The van der Waals surface area contributed by atoms with E-state index in [0.717, 1.165) is 24.8 Å². The van der Waals surface area contributed by atoms with Crippen molar-refractivity contribution in [1.82, 2.24) is 15.5 Å². The first-order valence-electron chi connectivity index (χ1n) is 7.59. The third-order valence-electron chi connectivity index (χ3n) is 4.14. The van der Waals surface area contributed by atoms with Crippen molar-refractivity contribution in [2.45, 2.75) is 44.2 Å². The summed E-state index contributed by atoms with van der Waals surface area (Å²) in [6, 6.07) is 9.14. The maximum Gasteiger partial charge on any atom is 0.253 e. The van der Waals surface area contributed by atoms with Crippen molar-refractivity contribution in [1.29, 1.82) is 0 Å². The molecule has 6 nitrogen and oxygen atoms in total. The van der Waals surface area contributed by atoms with E-state index in [4.69, 9.17) is 10.3 Å². The highest BCUT2D eigenvalue weighted by atomic mass is 16.5. The van der Waals surface area contributed by atoms with Crippen LogP contribution in [0.4, 0.5) is 0 Å². The molecule has 0 spiro atoms. The van der Waals surface area contributed by atoms with E-state index in [1.54, 1.807) is 6.92 Å². The van der Waals surface area contributed by atoms with E-state index in [2.05, 4.69) is 15.5 Å². The maximum atomic E-state index is 11.8. The molecule has 2 aromatic rings. The molecule has 3 rings (SSSR count). The van der Waals surface area contributed by atoms with E-state index < -0.39 is 11.6 Å². The van der Waals surface area contributed by atoms with Crippen LogP contribution in [-0.2, 0) is 10.3 Å². The van der Waals surface area contributed by atoms with Gasteiger partial charge < -0.3 is 15.6 Å². The number of rotatable bonds is 5. The van der Waals surface area contributed by atoms with Gasteiger partial charge in [-0.15, -0.1) is 0 Å². The number of carbonyl (C=O) groups is 1. The smallest absolute Gasteiger partial charge is 0.253 e. The fourth-order valence-corrected chi connectivity index (χ4v) is 2.53. The van der Waals surface area contributed by atoms with Crippen molar-refractivity contribution in [3.63, 3.8) is 0 Å². The molecule has 1 aliphatic carbocycles. The molecule has 3 N–H and O–H groups in total. The van der Waals surface area contributed by atoms with Gasteiger partial charge in [0.25, 0.3) is 5.89 Å². The van der Waals surface area contributed by atoms with Crippen LogP contribution in [0.15, 0.2) is 34.9 Å². The summed E-state index contributed by atoms with van der Waals surface area (Å²) in [7, 11) is 0. The first-order chi connectivity index (χ1) is 10.6. The predicted octanol–water partition coefficient (Wildman–Crippen LogP) is 2.02. The van der Waals surface area contributed by atoms with Gasteiger partial charge in [0.1, 0.15) is 6.04 Å². The fraction of sp³-hybridized carbons (Fsp3) is 0.438. The molecule has 0 radical (unpaired) electrons. The topological polar surface area (TPSA) is 94.0 Å². The minimum absolute atomic E-state index is 0.0697. The molecule has 0 aliphatic heterocycles. The molecule has 1 aliphatic rings. The molecule has 22 heavy (non-hydrogen) atoms. The quantitative estimate of drug-likeness (QED) is 0.881. The van der Waals surface area contributed by atoms with E-state index in [1.165, 1.54) is 0 Å². The van der Waals surface area contributed by atoms with Crippen LogP contribution in [0.1, 0.15) is 55.9 Å². The van der Waals surface area contributed by atoms with Crippen LogP contribution < -0.4 is 11.1 Å². The number of hydrogen-bond donors (Lipinski definition) is 2. The molecule has 0 saturated heterocycles. The molecule has 1 aromatic carbocycles. The lowest BCUT2D eigenvalue weighted by Gasteiger charge is -2.34. The van der Waals surface area contributed by atoms with Crippen LogP contribution in [0, 0.1) is 0 Å². The first kappa shape index (κ1) is 14.7. The van der Waals surface area contributed by atoms with Gasteiger partial charge in [-0.25, -0.2) is 0 Å². The van der Waals surface area contributed by atoms with Crippen molar-refractivity contribution >= 4 is 5.91 Å². The predicted molar refractivity (Wildman–Crippen MR) is 80.7 cm³/mol. The second-order valence-corrected chi connectivity index (χ2v) is 5.73. The summed E-state index contributed by atoms with van der Waals surface area (Å²) in [6.07, 6.45) is 3.20. The van der Waals surface area contributed by atoms with E-state index in [-0.39, 0.29) is 5.91 Å². The Morgan fingerprint density at radius 2 is 2.14 bits per heavy atom. The lowest BCUT2D eigenvalue weighted by atomic mass is 9.77. The van der Waals surface area contributed by atoms with E-state index in [1.807, 2.05) is 30.3 Å². The average Bonchev–Trinajstić information content (AvgIpc) is 3.00. The minimum Gasteiger partial charge on any atom is -0.341 e. The van der Waals surface area contributed by atoms with Crippen LogP contribution in [0.5, 0.6) is 0 Å². The number of aromatic nitrogens is 2. The molecule has 1 atom stereocenters. The maximum absolute atomic E-state index is 11.8. The van der Waals surface area contributed by atoms with E-state index in [9.17, 15) is 4.79 Å². The lowest BCUT2D eigenvalue weighted by molar-refractivity contribution is -0.121. The third-order valence-corrected chi connectivity index (χ3v) is 4.14. The van der Waals surface area contributed by atoms with Gasteiger partial charge in [0, 0.05) is 6.42 Å². The number of nitrogens with two attached hydrogens (primary N) is 1. The number of carbonyl (C=O) groups excluding carboxylic acids is 1. The van der Waals surface area contributed by atoms with Gasteiger partial charge in [-0.3, -0.25) is 4.79 Å². The van der Waals surface area contributed by atoms with Crippen molar-refractivity contribution in [2.75, 3.05) is 0 Å². The van der Waals surface area contributed by atoms with Crippen molar-refractivity contribution < 1.29 is 9.32 Å². The molecule has 6 heteroatoms. The van der Waals surface area contributed by atoms with Gasteiger partial charge in [-0.05, 0) is 24.8 Å². The number of benzene rings is 1. The molecular formula is C16H20N4O2. The second-order valence-electron chi connectivity index (χ2n) is 5.73. The van der Waals surface area contributed by atoms with Crippen molar-refractivity contribution in [3.8, 4) is 0 Å². The van der Waals surface area contributed by atoms with Gasteiger partial charge >= 0.3 is 0 Å². The summed E-state index contributed by atoms with van der Waals surface area (Å²) in [5, 5.41) is 6.95. The van der Waals surface area contributed by atoms with Crippen molar-refractivity contribution in [2.24, 2.45) is 5.73 Å². The largest absolute Gasteiger partial charge is 0.341 e. The second kappa shape index (κ2) is 5.88. The van der Waals surface area contributed by atoms with Gasteiger partial charge in [0.2, 0.25) is 5.91 Å². The van der Waals surface area contributed by atoms with Gasteiger partial charge in [-0.2, -0.15) is 4.98 Å². The summed E-state index contributed by atoms with van der Waals surface area (Å²) in [5.74, 6) is 0.833. The number of nitrogens with one attached hydrogen (secondary N) is 1. The standard InChI is InChI=1S/C16H20N4O2/c1-2-12(21)18-13(11-7-4-3-5-8-11)14-19-15(20-22-14)16(17)9-6-10-16/h3-5,7-8,13H,2,6,9-10,17H2,1H3,(H,18,21). The third kappa shape index (κ3) is 2.74. The van der Waals surface area contributed by atoms with Gasteiger partial charge in [-0.1, -0.05) is 42.4 Å². The summed E-state index contributed by atoms with van der Waals surface area (Å²) in [5.41, 5.74) is 6.66. The Bertz CT molecular complexity index is 649. The SMILES string of the molecule is CCC(=O)NC(c1ccccc1)c1nc(C2(N)CCC2)no1. The number of amides is 1. The average molecular weight is 300 g/mol. The highest BCUT2D eigenvalue weighted by Gasteiger charge is 2.39. The van der Waals surface area contributed by atoms with Crippen molar-refractivity contribution in [3.05, 3.63) is 47.6 Å². The Morgan fingerprint density at radius 3 is 2.73 bits per heavy atom. The summed E-state index contributed by atoms with van der Waals surface area (Å²) in [6.45, 7) is 1.81. The molecule has 0 bridgehead atoms. The van der Waals surface area contributed by atoms with Gasteiger partial charge in [0.05, 0.1) is 5.54 Å². The monoisotopic (exact) mass is 300 g/mol. The Labute approximate surface area is 129 Å². The molecule has 1 amide bonds. The summed E-state index contributed by atoms with van der Waals surface area (Å²) < 4.78 is 5.39. The molecule has 1 saturated carbocycles. The zero-order chi connectivity index (χ0) is 15.6. The molecule has 1 heterocycles. The number of nitrogens with zero attached hydrogens (tertiary/aromatic N) is 2. The molecule has 116 valence electrons.